The van der Waals surface area contributed by atoms with Crippen molar-refractivity contribution in [2.45, 2.75) is 32.9 Å². The second-order valence-electron chi connectivity index (χ2n) is 3.71. The Morgan fingerprint density at radius 3 is 2.36 bits per heavy atom. The zero-order valence-corrected chi connectivity index (χ0v) is 9.37. The summed E-state index contributed by atoms with van der Waals surface area (Å²) in [5.74, 6) is 0.976. The molecule has 0 aliphatic heterocycles. The lowest BCUT2D eigenvalue weighted by atomic mass is 10.1. The predicted octanol–water partition coefficient (Wildman–Crippen LogP) is 2.75. The zero-order chi connectivity index (χ0) is 10.6. The van der Waals surface area contributed by atoms with E-state index in [4.69, 9.17) is 4.74 Å². The fourth-order valence-electron chi connectivity index (χ4n) is 1.36. The van der Waals surface area contributed by atoms with Gasteiger partial charge in [-0.15, -0.1) is 0 Å². The van der Waals surface area contributed by atoms with Crippen LogP contribution in [-0.4, -0.2) is 13.2 Å². The Balaban J connectivity index is 2.91. The lowest BCUT2D eigenvalue weighted by Gasteiger charge is -2.18. The first kappa shape index (κ1) is 11.1. The number of hydrogen-bond acceptors (Lipinski definition) is 2. The molecule has 0 saturated heterocycles. The first-order valence-corrected chi connectivity index (χ1v) is 5.08. The van der Waals surface area contributed by atoms with Gasteiger partial charge in [-0.25, -0.2) is 0 Å². The smallest absolute Gasteiger partial charge is 0.124 e. The molecule has 2 heteroatoms. The summed E-state index contributed by atoms with van der Waals surface area (Å²) in [7, 11) is 1.96. The van der Waals surface area contributed by atoms with Crippen LogP contribution in [-0.2, 0) is 0 Å². The maximum absolute atomic E-state index is 5.73. The molecule has 0 amide bonds. The van der Waals surface area contributed by atoms with Crippen molar-refractivity contribution < 1.29 is 4.74 Å². The topological polar surface area (TPSA) is 21.3 Å². The highest BCUT2D eigenvalue weighted by Gasteiger charge is 2.09. The Hall–Kier alpha value is -1.02. The second kappa shape index (κ2) is 5.01. The zero-order valence-electron chi connectivity index (χ0n) is 9.37. The van der Waals surface area contributed by atoms with Gasteiger partial charge in [-0.05, 0) is 33.9 Å². The van der Waals surface area contributed by atoms with E-state index in [-0.39, 0.29) is 6.10 Å². The van der Waals surface area contributed by atoms with E-state index >= 15 is 0 Å². The van der Waals surface area contributed by atoms with Gasteiger partial charge in [-0.3, -0.25) is 0 Å². The van der Waals surface area contributed by atoms with E-state index < -0.39 is 0 Å². The standard InChI is InChI=1S/C12H19NO/c1-9(2)14-12-8-6-5-7-11(12)10(3)13-4/h5-10,13H,1-4H3/t10-/m0/s1. The average Bonchev–Trinajstić information content (AvgIpc) is 2.16. The van der Waals surface area contributed by atoms with Crippen molar-refractivity contribution in [1.29, 1.82) is 0 Å². The highest BCUT2D eigenvalue weighted by atomic mass is 16.5. The number of para-hydroxylation sites is 1. The SMILES string of the molecule is CN[C@@H](C)c1ccccc1OC(C)C. The minimum atomic E-state index is 0.222. The van der Waals surface area contributed by atoms with Gasteiger partial charge >= 0.3 is 0 Å². The molecule has 0 radical (unpaired) electrons. The molecule has 0 bridgehead atoms. The molecule has 0 fully saturated rings. The largest absolute Gasteiger partial charge is 0.491 e. The molecule has 0 saturated carbocycles. The number of nitrogens with one attached hydrogen (secondary N) is 1. The molecule has 2 nitrogen and oxygen atoms in total. The van der Waals surface area contributed by atoms with Gasteiger partial charge in [0.25, 0.3) is 0 Å². The Labute approximate surface area is 86.3 Å². The summed E-state index contributed by atoms with van der Waals surface area (Å²) < 4.78 is 5.73. The van der Waals surface area contributed by atoms with Gasteiger partial charge in [-0.1, -0.05) is 18.2 Å². The predicted molar refractivity (Wildman–Crippen MR) is 59.7 cm³/mol. The lowest BCUT2D eigenvalue weighted by Crippen LogP contribution is -2.15. The van der Waals surface area contributed by atoms with E-state index in [0.717, 1.165) is 5.75 Å². The molecule has 78 valence electrons. The van der Waals surface area contributed by atoms with Crippen molar-refractivity contribution in [3.63, 3.8) is 0 Å². The van der Waals surface area contributed by atoms with Crippen LogP contribution in [0.3, 0.4) is 0 Å². The normalized spacial score (nSPS) is 12.9. The second-order valence-corrected chi connectivity index (χ2v) is 3.71. The van der Waals surface area contributed by atoms with Crippen molar-refractivity contribution >= 4 is 0 Å². The number of rotatable bonds is 4. The van der Waals surface area contributed by atoms with Crippen molar-refractivity contribution in [2.24, 2.45) is 0 Å². The highest BCUT2D eigenvalue weighted by Crippen LogP contribution is 2.25. The summed E-state index contributed by atoms with van der Waals surface area (Å²) in [6.45, 7) is 6.21. The van der Waals surface area contributed by atoms with E-state index in [1.54, 1.807) is 0 Å². The molecule has 1 rings (SSSR count). The first-order chi connectivity index (χ1) is 6.65. The van der Waals surface area contributed by atoms with Crippen LogP contribution in [0.5, 0.6) is 5.75 Å². The van der Waals surface area contributed by atoms with Crippen LogP contribution in [0.1, 0.15) is 32.4 Å². The van der Waals surface area contributed by atoms with Crippen LogP contribution in [0.25, 0.3) is 0 Å². The van der Waals surface area contributed by atoms with Gasteiger partial charge < -0.3 is 10.1 Å². The van der Waals surface area contributed by atoms with E-state index in [9.17, 15) is 0 Å². The lowest BCUT2D eigenvalue weighted by molar-refractivity contribution is 0.238. The minimum Gasteiger partial charge on any atom is -0.491 e. The minimum absolute atomic E-state index is 0.222. The Kier molecular flexibility index (Phi) is 3.96. The van der Waals surface area contributed by atoms with Crippen LogP contribution in [0, 0.1) is 0 Å². The third-order valence-electron chi connectivity index (χ3n) is 2.18. The number of ether oxygens (including phenoxy) is 1. The molecule has 1 atom stereocenters. The number of benzene rings is 1. The molecule has 0 aromatic heterocycles. The van der Waals surface area contributed by atoms with Crippen LogP contribution in [0.15, 0.2) is 24.3 Å². The fraction of sp³-hybridized carbons (Fsp3) is 0.500. The van der Waals surface area contributed by atoms with Crippen LogP contribution < -0.4 is 10.1 Å². The summed E-state index contributed by atoms with van der Waals surface area (Å²) in [5.41, 5.74) is 1.21. The van der Waals surface area contributed by atoms with Crippen molar-refractivity contribution in [3.8, 4) is 5.75 Å². The van der Waals surface area contributed by atoms with E-state index in [1.165, 1.54) is 5.56 Å². The maximum atomic E-state index is 5.73. The van der Waals surface area contributed by atoms with Crippen molar-refractivity contribution in [2.75, 3.05) is 7.05 Å². The van der Waals surface area contributed by atoms with Crippen LogP contribution in [0.4, 0.5) is 0 Å². The van der Waals surface area contributed by atoms with Crippen LogP contribution >= 0.6 is 0 Å². The molecule has 0 aliphatic rings. The maximum Gasteiger partial charge on any atom is 0.124 e. The molecular weight excluding hydrogens is 174 g/mol. The molecule has 0 unspecified atom stereocenters. The van der Waals surface area contributed by atoms with E-state index in [1.807, 2.05) is 39.1 Å². The summed E-state index contributed by atoms with van der Waals surface area (Å²) in [4.78, 5) is 0. The van der Waals surface area contributed by atoms with Crippen molar-refractivity contribution in [1.82, 2.24) is 5.32 Å². The van der Waals surface area contributed by atoms with Crippen molar-refractivity contribution in [3.05, 3.63) is 29.8 Å². The number of hydrogen-bond donors (Lipinski definition) is 1. The summed E-state index contributed by atoms with van der Waals surface area (Å²) >= 11 is 0. The third-order valence-corrected chi connectivity index (χ3v) is 2.18. The van der Waals surface area contributed by atoms with Crippen LogP contribution in [0.2, 0.25) is 0 Å². The highest BCUT2D eigenvalue weighted by molar-refractivity contribution is 5.35. The summed E-state index contributed by atoms with van der Waals surface area (Å²) in [6.07, 6.45) is 0.222. The average molecular weight is 193 g/mol. The van der Waals surface area contributed by atoms with E-state index in [2.05, 4.69) is 18.3 Å². The first-order valence-electron chi connectivity index (χ1n) is 5.08. The van der Waals surface area contributed by atoms with Gasteiger partial charge in [-0.2, -0.15) is 0 Å². The molecule has 0 spiro atoms. The molecule has 14 heavy (non-hydrogen) atoms. The summed E-state index contributed by atoms with van der Waals surface area (Å²) in [5, 5.41) is 3.21. The summed E-state index contributed by atoms with van der Waals surface area (Å²) in [6, 6.07) is 8.48. The Morgan fingerprint density at radius 2 is 1.79 bits per heavy atom. The Morgan fingerprint density at radius 1 is 1.14 bits per heavy atom. The quantitative estimate of drug-likeness (QED) is 0.794. The molecule has 0 aliphatic carbocycles. The van der Waals surface area contributed by atoms with Gasteiger partial charge in [0.2, 0.25) is 0 Å². The molecular formula is C12H19NO. The molecule has 0 heterocycles. The monoisotopic (exact) mass is 193 g/mol. The van der Waals surface area contributed by atoms with Gasteiger partial charge in [0, 0.05) is 11.6 Å². The fourth-order valence-corrected chi connectivity index (χ4v) is 1.36. The molecule has 1 aromatic rings. The Bertz CT molecular complexity index is 283. The van der Waals surface area contributed by atoms with Gasteiger partial charge in [0.15, 0.2) is 0 Å². The van der Waals surface area contributed by atoms with E-state index in [0.29, 0.717) is 6.04 Å². The molecule has 1 aromatic carbocycles. The van der Waals surface area contributed by atoms with Gasteiger partial charge in [0.05, 0.1) is 6.10 Å². The molecule has 1 N–H and O–H groups in total. The van der Waals surface area contributed by atoms with Gasteiger partial charge in [0.1, 0.15) is 5.75 Å². The third kappa shape index (κ3) is 2.74.